The third-order valence-corrected chi connectivity index (χ3v) is 5.71. The monoisotopic (exact) mass is 396 g/mol. The van der Waals surface area contributed by atoms with Crippen molar-refractivity contribution in [2.45, 2.75) is 31.7 Å². The van der Waals surface area contributed by atoms with Crippen molar-refractivity contribution in [3.8, 4) is 5.75 Å². The molecule has 0 spiro atoms. The van der Waals surface area contributed by atoms with E-state index in [1.54, 1.807) is 6.92 Å². The van der Waals surface area contributed by atoms with Gasteiger partial charge in [-0.1, -0.05) is 18.2 Å². The molecule has 7 heteroatoms. The Morgan fingerprint density at radius 1 is 1.17 bits per heavy atom. The van der Waals surface area contributed by atoms with Crippen molar-refractivity contribution >= 4 is 17.7 Å². The minimum Gasteiger partial charge on any atom is -0.496 e. The van der Waals surface area contributed by atoms with Crippen molar-refractivity contribution < 1.29 is 23.5 Å². The highest BCUT2D eigenvalue weighted by atomic mass is 19.1. The summed E-state index contributed by atoms with van der Waals surface area (Å²) in [5.41, 5.74) is 1.87. The lowest BCUT2D eigenvalue weighted by Gasteiger charge is -2.23. The van der Waals surface area contributed by atoms with Gasteiger partial charge in [-0.3, -0.25) is 14.5 Å². The van der Waals surface area contributed by atoms with E-state index in [0.717, 1.165) is 30.2 Å². The summed E-state index contributed by atoms with van der Waals surface area (Å²) in [5.74, 6) is -1.51. The number of hydrogen-bond acceptors (Lipinski definition) is 4. The number of methoxy groups -OCH3 is 1. The van der Waals surface area contributed by atoms with E-state index in [9.17, 15) is 18.8 Å². The first-order valence-electron chi connectivity index (χ1n) is 9.46. The number of nitrogens with one attached hydrogen (secondary N) is 1. The average molecular weight is 396 g/mol. The summed E-state index contributed by atoms with van der Waals surface area (Å²) >= 11 is 0. The number of carbonyl (C=O) groups excluding carboxylic acids is 3. The summed E-state index contributed by atoms with van der Waals surface area (Å²) in [4.78, 5) is 39.2. The first-order chi connectivity index (χ1) is 13.8. The van der Waals surface area contributed by atoms with Crippen LogP contribution in [0, 0.1) is 5.82 Å². The van der Waals surface area contributed by atoms with Gasteiger partial charge < -0.3 is 10.1 Å². The normalized spacial score (nSPS) is 20.6. The summed E-state index contributed by atoms with van der Waals surface area (Å²) in [7, 11) is 1.36. The summed E-state index contributed by atoms with van der Waals surface area (Å²) < 4.78 is 18.7. The predicted octanol–water partition coefficient (Wildman–Crippen LogP) is 2.97. The maximum absolute atomic E-state index is 13.6. The first kappa shape index (κ1) is 19.1. The number of carbonyl (C=O) groups is 3. The number of nitrogens with zero attached hydrogens (tertiary/aromatic N) is 1. The number of amides is 3. The second kappa shape index (κ2) is 6.99. The SMILES string of the molecule is COc1ccc(F)cc1C(=O)CN1C(=O)NC(C)(c2ccc3c(c2)CCC3)C1=O. The largest absolute Gasteiger partial charge is 0.496 e. The Kier molecular flexibility index (Phi) is 4.61. The second-order valence-corrected chi connectivity index (χ2v) is 7.55. The van der Waals surface area contributed by atoms with Crippen LogP contribution in [0.25, 0.3) is 0 Å². The number of rotatable bonds is 5. The van der Waals surface area contributed by atoms with Gasteiger partial charge in [0.2, 0.25) is 0 Å². The summed E-state index contributed by atoms with van der Waals surface area (Å²) in [6.45, 7) is 1.14. The van der Waals surface area contributed by atoms with Gasteiger partial charge in [-0.05, 0) is 61.1 Å². The van der Waals surface area contributed by atoms with E-state index in [1.807, 2.05) is 18.2 Å². The molecule has 0 bridgehead atoms. The fourth-order valence-electron chi connectivity index (χ4n) is 4.05. The van der Waals surface area contributed by atoms with Crippen molar-refractivity contribution in [2.24, 2.45) is 0 Å². The Labute approximate surface area is 167 Å². The van der Waals surface area contributed by atoms with E-state index in [2.05, 4.69) is 5.32 Å². The molecule has 1 aliphatic carbocycles. The number of aryl methyl sites for hydroxylation is 2. The minimum atomic E-state index is -1.25. The van der Waals surface area contributed by atoms with Crippen molar-refractivity contribution in [3.05, 3.63) is 64.5 Å². The molecule has 2 aromatic rings. The number of Topliss-reactive ketones (excluding diaryl/α,β-unsaturated/α-hetero) is 1. The lowest BCUT2D eigenvalue weighted by Crippen LogP contribution is -2.41. The van der Waals surface area contributed by atoms with Crippen LogP contribution in [-0.2, 0) is 23.2 Å². The molecule has 1 heterocycles. The van der Waals surface area contributed by atoms with Gasteiger partial charge >= 0.3 is 6.03 Å². The van der Waals surface area contributed by atoms with Gasteiger partial charge in [-0.25, -0.2) is 9.18 Å². The maximum atomic E-state index is 13.6. The Hall–Kier alpha value is -3.22. The van der Waals surface area contributed by atoms with E-state index in [4.69, 9.17) is 4.74 Å². The van der Waals surface area contributed by atoms with Crippen LogP contribution in [0.15, 0.2) is 36.4 Å². The van der Waals surface area contributed by atoms with Crippen LogP contribution >= 0.6 is 0 Å². The number of urea groups is 1. The molecule has 2 aliphatic rings. The van der Waals surface area contributed by atoms with Crippen LogP contribution in [0.5, 0.6) is 5.75 Å². The van der Waals surface area contributed by atoms with Crippen molar-refractivity contribution in [1.82, 2.24) is 10.2 Å². The van der Waals surface area contributed by atoms with Crippen LogP contribution in [0.1, 0.15) is 40.4 Å². The van der Waals surface area contributed by atoms with E-state index < -0.39 is 35.6 Å². The number of benzene rings is 2. The van der Waals surface area contributed by atoms with Gasteiger partial charge in [0, 0.05) is 0 Å². The molecule has 150 valence electrons. The Balaban J connectivity index is 1.60. The van der Waals surface area contributed by atoms with Gasteiger partial charge in [-0.2, -0.15) is 0 Å². The zero-order chi connectivity index (χ0) is 20.8. The molecule has 1 N–H and O–H groups in total. The summed E-state index contributed by atoms with van der Waals surface area (Å²) in [6.07, 6.45) is 3.04. The summed E-state index contributed by atoms with van der Waals surface area (Å²) in [5, 5.41) is 2.71. The third kappa shape index (κ3) is 3.16. The van der Waals surface area contributed by atoms with Gasteiger partial charge in [0.05, 0.1) is 19.2 Å². The molecular formula is C22H21FN2O4. The molecule has 0 radical (unpaired) electrons. The van der Waals surface area contributed by atoms with Crippen molar-refractivity contribution in [2.75, 3.05) is 13.7 Å². The molecule has 4 rings (SSSR count). The maximum Gasteiger partial charge on any atom is 0.325 e. The fourth-order valence-corrected chi connectivity index (χ4v) is 4.05. The summed E-state index contributed by atoms with van der Waals surface area (Å²) in [6, 6.07) is 8.71. The number of fused-ring (bicyclic) bond motifs is 1. The van der Waals surface area contributed by atoms with Gasteiger partial charge in [0.25, 0.3) is 5.91 Å². The molecule has 3 amide bonds. The van der Waals surface area contributed by atoms with E-state index in [0.29, 0.717) is 5.56 Å². The number of ketones is 1. The van der Waals surface area contributed by atoms with E-state index in [-0.39, 0.29) is 11.3 Å². The molecule has 1 saturated heterocycles. The van der Waals surface area contributed by atoms with Gasteiger partial charge in [-0.15, -0.1) is 0 Å². The topological polar surface area (TPSA) is 75.7 Å². The molecule has 1 aliphatic heterocycles. The zero-order valence-corrected chi connectivity index (χ0v) is 16.3. The average Bonchev–Trinajstić information content (AvgIpc) is 3.26. The van der Waals surface area contributed by atoms with Gasteiger partial charge in [0.1, 0.15) is 17.1 Å². The lowest BCUT2D eigenvalue weighted by molar-refractivity contribution is -0.130. The molecular weight excluding hydrogens is 375 g/mol. The smallest absolute Gasteiger partial charge is 0.325 e. The first-order valence-corrected chi connectivity index (χ1v) is 9.46. The Morgan fingerprint density at radius 2 is 1.93 bits per heavy atom. The molecule has 29 heavy (non-hydrogen) atoms. The van der Waals surface area contributed by atoms with E-state index in [1.165, 1.54) is 30.4 Å². The number of halogens is 1. The number of imide groups is 1. The number of hydrogen-bond donors (Lipinski definition) is 1. The predicted molar refractivity (Wildman–Crippen MR) is 103 cm³/mol. The molecule has 1 fully saturated rings. The molecule has 6 nitrogen and oxygen atoms in total. The van der Waals surface area contributed by atoms with Crippen LogP contribution < -0.4 is 10.1 Å². The highest BCUT2D eigenvalue weighted by molar-refractivity contribution is 6.11. The Bertz CT molecular complexity index is 1040. The van der Waals surface area contributed by atoms with Crippen LogP contribution in [0.3, 0.4) is 0 Å². The van der Waals surface area contributed by atoms with Crippen LogP contribution in [0.2, 0.25) is 0 Å². The van der Waals surface area contributed by atoms with Crippen molar-refractivity contribution in [1.29, 1.82) is 0 Å². The highest BCUT2D eigenvalue weighted by Crippen LogP contribution is 2.33. The molecule has 0 aromatic heterocycles. The molecule has 1 atom stereocenters. The van der Waals surface area contributed by atoms with Crippen molar-refractivity contribution in [3.63, 3.8) is 0 Å². The standard InChI is InChI=1S/C22H21FN2O4/c1-22(15-7-6-13-4-3-5-14(13)10-15)20(27)25(21(28)24-22)12-18(26)17-11-16(23)8-9-19(17)29-2/h6-11H,3-5,12H2,1-2H3,(H,24,28). The van der Waals surface area contributed by atoms with E-state index >= 15 is 0 Å². The highest BCUT2D eigenvalue weighted by Gasteiger charge is 2.49. The van der Waals surface area contributed by atoms with Gasteiger partial charge in [0.15, 0.2) is 5.78 Å². The van der Waals surface area contributed by atoms with Crippen LogP contribution in [-0.4, -0.2) is 36.3 Å². The second-order valence-electron chi connectivity index (χ2n) is 7.55. The Morgan fingerprint density at radius 3 is 2.69 bits per heavy atom. The molecule has 0 saturated carbocycles. The lowest BCUT2D eigenvalue weighted by atomic mass is 9.89. The third-order valence-electron chi connectivity index (χ3n) is 5.71. The number of ether oxygens (including phenoxy) is 1. The zero-order valence-electron chi connectivity index (χ0n) is 16.3. The quantitative estimate of drug-likeness (QED) is 0.623. The fraction of sp³-hybridized carbons (Fsp3) is 0.318. The molecule has 1 unspecified atom stereocenters. The minimum absolute atomic E-state index is 0.0146. The van der Waals surface area contributed by atoms with Crippen LogP contribution in [0.4, 0.5) is 9.18 Å². The molecule has 2 aromatic carbocycles.